The molecule has 1 saturated carbocycles. The molecule has 122 valence electrons. The van der Waals surface area contributed by atoms with Gasteiger partial charge in [-0.25, -0.2) is 8.78 Å². The van der Waals surface area contributed by atoms with Gasteiger partial charge in [-0.1, -0.05) is 13.3 Å². The van der Waals surface area contributed by atoms with Crippen LogP contribution < -0.4 is 10.9 Å². The van der Waals surface area contributed by atoms with E-state index in [0.717, 1.165) is 37.8 Å². The van der Waals surface area contributed by atoms with Gasteiger partial charge in [-0.3, -0.25) is 9.59 Å². The highest BCUT2D eigenvalue weighted by atomic mass is 19.2. The maximum Gasteiger partial charge on any atom is 0.268 e. The third-order valence-electron chi connectivity index (χ3n) is 4.03. The summed E-state index contributed by atoms with van der Waals surface area (Å²) in [4.78, 5) is 25.0. The molecular weight excluding hydrogens is 302 g/mol. The number of carbonyl (C=O) groups excluding carboxylic acids is 1. The fourth-order valence-electron chi connectivity index (χ4n) is 2.56. The minimum absolute atomic E-state index is 0.0861. The molecule has 0 unspecified atom stereocenters. The summed E-state index contributed by atoms with van der Waals surface area (Å²) in [5, 5.41) is 3.16. The van der Waals surface area contributed by atoms with Crippen LogP contribution in [-0.2, 0) is 6.54 Å². The number of rotatable bonds is 5. The second-order valence-electron chi connectivity index (χ2n) is 5.94. The molecule has 1 aromatic carbocycles. The van der Waals surface area contributed by atoms with E-state index in [-0.39, 0.29) is 28.4 Å². The summed E-state index contributed by atoms with van der Waals surface area (Å²) in [6.07, 6.45) is 3.43. The van der Waals surface area contributed by atoms with Crippen LogP contribution in [0.3, 0.4) is 0 Å². The molecule has 1 aromatic heterocycles. The van der Waals surface area contributed by atoms with Gasteiger partial charge in [0, 0.05) is 12.6 Å². The predicted octanol–water partition coefficient (Wildman–Crippen LogP) is 2.97. The number of pyridine rings is 1. The van der Waals surface area contributed by atoms with Gasteiger partial charge in [0.25, 0.3) is 11.5 Å². The maximum absolute atomic E-state index is 13.5. The van der Waals surface area contributed by atoms with Crippen molar-refractivity contribution in [1.29, 1.82) is 0 Å². The Balaban J connectivity index is 2.16. The molecule has 4 nitrogen and oxygen atoms in total. The number of amides is 1. The molecule has 6 heteroatoms. The average Bonchev–Trinajstić information content (AvgIpc) is 3.32. The molecular formula is C17H18F2N2O2. The van der Waals surface area contributed by atoms with Crippen LogP contribution in [0.1, 0.15) is 43.1 Å². The number of nitrogens with one attached hydrogen (secondary N) is 1. The monoisotopic (exact) mass is 320 g/mol. The number of nitrogens with zero attached hydrogens (tertiary/aromatic N) is 1. The van der Waals surface area contributed by atoms with Gasteiger partial charge in [0.1, 0.15) is 5.69 Å². The summed E-state index contributed by atoms with van der Waals surface area (Å²) in [5.74, 6) is -2.43. The Morgan fingerprint density at radius 3 is 2.61 bits per heavy atom. The number of carbonyl (C=O) groups is 1. The average molecular weight is 320 g/mol. The summed E-state index contributed by atoms with van der Waals surface area (Å²) >= 11 is 0. The zero-order valence-electron chi connectivity index (χ0n) is 12.9. The molecule has 0 bridgehead atoms. The van der Waals surface area contributed by atoms with Crippen LogP contribution in [0.5, 0.6) is 0 Å². The summed E-state index contributed by atoms with van der Waals surface area (Å²) < 4.78 is 28.3. The first-order chi connectivity index (χ1) is 11.0. The van der Waals surface area contributed by atoms with Crippen molar-refractivity contribution in [2.24, 2.45) is 0 Å². The van der Waals surface area contributed by atoms with Gasteiger partial charge < -0.3 is 9.88 Å². The molecule has 1 N–H and O–H groups in total. The topological polar surface area (TPSA) is 51.1 Å². The van der Waals surface area contributed by atoms with Gasteiger partial charge in [-0.15, -0.1) is 0 Å². The second kappa shape index (κ2) is 6.10. The number of halogens is 2. The Morgan fingerprint density at radius 2 is 1.96 bits per heavy atom. The van der Waals surface area contributed by atoms with E-state index in [4.69, 9.17) is 0 Å². The van der Waals surface area contributed by atoms with Crippen molar-refractivity contribution in [2.75, 3.05) is 0 Å². The molecule has 0 spiro atoms. The van der Waals surface area contributed by atoms with E-state index < -0.39 is 17.2 Å². The summed E-state index contributed by atoms with van der Waals surface area (Å²) in [5.41, 5.74) is -0.260. The summed E-state index contributed by atoms with van der Waals surface area (Å²) in [6.45, 7) is 2.35. The van der Waals surface area contributed by atoms with Crippen LogP contribution in [0.15, 0.2) is 23.0 Å². The lowest BCUT2D eigenvalue weighted by Crippen LogP contribution is -2.33. The van der Waals surface area contributed by atoms with Crippen LogP contribution in [0.4, 0.5) is 8.78 Å². The number of benzene rings is 1. The van der Waals surface area contributed by atoms with E-state index in [2.05, 4.69) is 5.32 Å². The minimum Gasteiger partial charge on any atom is -0.348 e. The molecule has 0 aliphatic heterocycles. The van der Waals surface area contributed by atoms with Gasteiger partial charge in [-0.05, 0) is 42.8 Å². The standard InChI is InChI=1S/C17H18F2N2O2/c1-2-3-6-21-15(16(22)20-11-4-5-11)8-10-7-13(18)14(19)9-12(10)17(21)23/h7-9,11H,2-6H2,1H3,(H,20,22). The predicted molar refractivity (Wildman–Crippen MR) is 83.5 cm³/mol. The lowest BCUT2D eigenvalue weighted by atomic mass is 10.1. The van der Waals surface area contributed by atoms with E-state index in [9.17, 15) is 18.4 Å². The van der Waals surface area contributed by atoms with Gasteiger partial charge in [-0.2, -0.15) is 0 Å². The van der Waals surface area contributed by atoms with Crippen molar-refractivity contribution in [3.8, 4) is 0 Å². The highest BCUT2D eigenvalue weighted by molar-refractivity contribution is 5.97. The Morgan fingerprint density at radius 1 is 1.26 bits per heavy atom. The molecule has 1 heterocycles. The fourth-order valence-corrected chi connectivity index (χ4v) is 2.56. The number of unbranched alkanes of at least 4 members (excludes halogenated alkanes) is 1. The highest BCUT2D eigenvalue weighted by Gasteiger charge is 2.25. The Kier molecular flexibility index (Phi) is 4.15. The van der Waals surface area contributed by atoms with Crippen LogP contribution in [0, 0.1) is 11.6 Å². The van der Waals surface area contributed by atoms with E-state index in [1.165, 1.54) is 10.6 Å². The normalized spacial score (nSPS) is 14.2. The Labute approximate surface area is 132 Å². The first-order valence-corrected chi connectivity index (χ1v) is 7.84. The van der Waals surface area contributed by atoms with E-state index in [1.54, 1.807) is 0 Å². The maximum atomic E-state index is 13.5. The summed E-state index contributed by atoms with van der Waals surface area (Å²) in [6, 6.07) is 3.48. The van der Waals surface area contributed by atoms with Gasteiger partial charge in [0.2, 0.25) is 0 Å². The molecule has 2 aromatic rings. The second-order valence-corrected chi connectivity index (χ2v) is 5.94. The van der Waals surface area contributed by atoms with Crippen molar-refractivity contribution in [3.63, 3.8) is 0 Å². The van der Waals surface area contributed by atoms with E-state index in [0.29, 0.717) is 6.54 Å². The molecule has 1 aliphatic rings. The van der Waals surface area contributed by atoms with Gasteiger partial charge in [0.05, 0.1) is 5.39 Å². The fraction of sp³-hybridized carbons (Fsp3) is 0.412. The number of fused-ring (bicyclic) bond motifs is 1. The number of hydrogen-bond donors (Lipinski definition) is 1. The Bertz CT molecular complexity index is 825. The van der Waals surface area contributed by atoms with Crippen LogP contribution in [-0.4, -0.2) is 16.5 Å². The smallest absolute Gasteiger partial charge is 0.268 e. The largest absolute Gasteiger partial charge is 0.348 e. The zero-order valence-corrected chi connectivity index (χ0v) is 12.9. The van der Waals surface area contributed by atoms with Crippen molar-refractivity contribution in [2.45, 2.75) is 45.2 Å². The third kappa shape index (κ3) is 3.11. The van der Waals surface area contributed by atoms with Crippen molar-refractivity contribution in [3.05, 3.63) is 45.9 Å². The van der Waals surface area contributed by atoms with Crippen molar-refractivity contribution < 1.29 is 13.6 Å². The molecule has 1 amide bonds. The van der Waals surface area contributed by atoms with Crippen LogP contribution in [0.2, 0.25) is 0 Å². The zero-order chi connectivity index (χ0) is 16.6. The quantitative estimate of drug-likeness (QED) is 0.921. The third-order valence-corrected chi connectivity index (χ3v) is 4.03. The lowest BCUT2D eigenvalue weighted by Gasteiger charge is -2.14. The number of hydrogen-bond acceptors (Lipinski definition) is 2. The minimum atomic E-state index is -1.06. The van der Waals surface area contributed by atoms with Gasteiger partial charge >= 0.3 is 0 Å². The first-order valence-electron chi connectivity index (χ1n) is 7.84. The molecule has 0 atom stereocenters. The highest BCUT2D eigenvalue weighted by Crippen LogP contribution is 2.21. The number of aromatic nitrogens is 1. The molecule has 1 fully saturated rings. The molecule has 0 saturated heterocycles. The van der Waals surface area contributed by atoms with E-state index >= 15 is 0 Å². The molecule has 0 radical (unpaired) electrons. The first kappa shape index (κ1) is 15.6. The van der Waals surface area contributed by atoms with Crippen molar-refractivity contribution >= 4 is 16.7 Å². The lowest BCUT2D eigenvalue weighted by molar-refractivity contribution is 0.0940. The van der Waals surface area contributed by atoms with Gasteiger partial charge in [0.15, 0.2) is 11.6 Å². The molecule has 1 aliphatic carbocycles. The SMILES string of the molecule is CCCCn1c(C(=O)NC2CC2)cc2cc(F)c(F)cc2c1=O. The molecule has 3 rings (SSSR count). The van der Waals surface area contributed by atoms with Crippen LogP contribution >= 0.6 is 0 Å². The van der Waals surface area contributed by atoms with E-state index in [1.807, 2.05) is 6.92 Å². The summed E-state index contributed by atoms with van der Waals surface area (Å²) in [7, 11) is 0. The van der Waals surface area contributed by atoms with Crippen molar-refractivity contribution in [1.82, 2.24) is 9.88 Å². The van der Waals surface area contributed by atoms with Crippen LogP contribution in [0.25, 0.3) is 10.8 Å². The Hall–Kier alpha value is -2.24. The molecule has 23 heavy (non-hydrogen) atoms.